The minimum absolute atomic E-state index is 0.0540. The quantitative estimate of drug-likeness (QED) is 0.413. The number of amides is 3. The summed E-state index contributed by atoms with van der Waals surface area (Å²) in [6.07, 6.45) is 1.09. The van der Waals surface area contributed by atoms with Crippen LogP contribution < -0.4 is 15.5 Å². The summed E-state index contributed by atoms with van der Waals surface area (Å²) < 4.78 is 36.7. The summed E-state index contributed by atoms with van der Waals surface area (Å²) >= 11 is 0. The fourth-order valence-electron chi connectivity index (χ4n) is 4.78. The Morgan fingerprint density at radius 2 is 1.81 bits per heavy atom. The van der Waals surface area contributed by atoms with E-state index < -0.39 is 35.5 Å². The molecule has 1 saturated heterocycles. The molecule has 1 aliphatic heterocycles. The summed E-state index contributed by atoms with van der Waals surface area (Å²) in [5, 5.41) is 5.33. The number of piperazine rings is 1. The fourth-order valence-corrected chi connectivity index (χ4v) is 4.78. The summed E-state index contributed by atoms with van der Waals surface area (Å²) in [4.78, 5) is 45.7. The summed E-state index contributed by atoms with van der Waals surface area (Å²) in [5.74, 6) is -3.01. The van der Waals surface area contributed by atoms with Crippen LogP contribution in [0.1, 0.15) is 57.3 Å². The van der Waals surface area contributed by atoms with Crippen LogP contribution in [0.15, 0.2) is 67.0 Å². The first-order chi connectivity index (χ1) is 20.8. The molecule has 2 atom stereocenters. The van der Waals surface area contributed by atoms with E-state index in [1.165, 1.54) is 12.1 Å². The van der Waals surface area contributed by atoms with Crippen LogP contribution in [0.4, 0.5) is 20.6 Å². The Morgan fingerprint density at radius 1 is 1.07 bits per heavy atom. The van der Waals surface area contributed by atoms with Crippen LogP contribution in [0, 0.1) is 11.7 Å². The van der Waals surface area contributed by atoms with Crippen molar-refractivity contribution in [2.24, 2.45) is 5.92 Å². The molecule has 2 unspecified atom stereocenters. The second-order valence-electron chi connectivity index (χ2n) is 11.4. The van der Waals surface area contributed by atoms with Crippen molar-refractivity contribution in [1.29, 1.82) is 0 Å². The molecule has 0 radical (unpaired) electrons. The van der Waals surface area contributed by atoms with Gasteiger partial charge in [0.25, 0.3) is 5.91 Å². The molecule has 2 fully saturated rings. The summed E-state index contributed by atoms with van der Waals surface area (Å²) in [6, 6.07) is 14.7. The van der Waals surface area contributed by atoms with Gasteiger partial charge in [-0.15, -0.1) is 0 Å². The molecule has 42 heavy (non-hydrogen) atoms. The number of ether oxygens (including phenoxy) is 1. The van der Waals surface area contributed by atoms with Gasteiger partial charge in [0.05, 0.1) is 0 Å². The lowest BCUT2D eigenvalue weighted by Gasteiger charge is -2.36. The van der Waals surface area contributed by atoms with Crippen molar-refractivity contribution in [3.8, 4) is 0 Å². The third-order valence-electron chi connectivity index (χ3n) is 7.10. The molecule has 3 amide bonds. The Kier molecular flexibility index (Phi) is 7.67. The van der Waals surface area contributed by atoms with Gasteiger partial charge in [-0.1, -0.05) is 12.1 Å². The van der Waals surface area contributed by atoms with Crippen LogP contribution in [-0.4, -0.2) is 59.6 Å². The van der Waals surface area contributed by atoms with E-state index in [1.807, 2.05) is 32.9 Å². The van der Waals surface area contributed by atoms with Crippen molar-refractivity contribution in [1.82, 2.24) is 15.2 Å². The third-order valence-corrected chi connectivity index (χ3v) is 7.10. The first-order valence-corrected chi connectivity index (χ1v) is 13.9. The van der Waals surface area contributed by atoms with Crippen LogP contribution in [-0.2, 0) is 16.1 Å². The van der Waals surface area contributed by atoms with Gasteiger partial charge >= 0.3 is 6.09 Å². The normalized spacial score (nSPS) is 20.2. The smallest absolute Gasteiger partial charge is 0.410 e. The number of hydrogen-bond acceptors (Lipinski definition) is 6. The second-order valence-corrected chi connectivity index (χ2v) is 11.4. The van der Waals surface area contributed by atoms with Crippen molar-refractivity contribution in [3.63, 3.8) is 0 Å². The molecular formula is C32H36FN5O4. The number of carbonyl (C=O) groups excluding carboxylic acids is 3. The van der Waals surface area contributed by atoms with E-state index in [0.717, 1.165) is 11.8 Å². The van der Waals surface area contributed by atoms with Crippen LogP contribution in [0.3, 0.4) is 0 Å². The van der Waals surface area contributed by atoms with Crippen LogP contribution in [0.25, 0.3) is 0 Å². The summed E-state index contributed by atoms with van der Waals surface area (Å²) in [6.45, 7) is 7.81. The van der Waals surface area contributed by atoms with Gasteiger partial charge in [-0.25, -0.2) is 9.18 Å². The minimum Gasteiger partial charge on any atom is -0.444 e. The molecule has 0 bridgehead atoms. The SMILES string of the molecule is [2H]C1([2H])C(C(=O)Nc2ccc(CNC(=O)c3ccc(N4CCN(C(=O)OC(C)(C)C)CC4)cc3)c(F)c2)C1c1cccnc1. The Bertz CT molecular complexity index is 1520. The van der Waals surface area contributed by atoms with E-state index in [-0.39, 0.29) is 29.8 Å². The average molecular weight is 576 g/mol. The summed E-state index contributed by atoms with van der Waals surface area (Å²) in [7, 11) is 0. The molecule has 1 saturated carbocycles. The zero-order chi connectivity index (χ0) is 31.6. The van der Waals surface area contributed by atoms with Crippen molar-refractivity contribution in [2.45, 2.75) is 45.2 Å². The number of halogens is 1. The van der Waals surface area contributed by atoms with Gasteiger partial charge in [-0.05, 0) is 81.1 Å². The molecular weight excluding hydrogens is 537 g/mol. The van der Waals surface area contributed by atoms with E-state index in [2.05, 4.69) is 20.5 Å². The second kappa shape index (κ2) is 12.2. The van der Waals surface area contributed by atoms with E-state index in [4.69, 9.17) is 7.48 Å². The van der Waals surface area contributed by atoms with Crippen LogP contribution in [0.2, 0.25) is 0 Å². The van der Waals surface area contributed by atoms with E-state index in [0.29, 0.717) is 37.3 Å². The highest BCUT2D eigenvalue weighted by Crippen LogP contribution is 2.47. The number of benzene rings is 2. The maximum Gasteiger partial charge on any atom is 0.410 e. The maximum absolute atomic E-state index is 14.9. The molecule has 2 heterocycles. The number of rotatable bonds is 7. The third kappa shape index (κ3) is 7.23. The lowest BCUT2D eigenvalue weighted by molar-refractivity contribution is -0.117. The molecule has 2 N–H and O–H groups in total. The Morgan fingerprint density at radius 3 is 2.45 bits per heavy atom. The molecule has 5 rings (SSSR count). The van der Waals surface area contributed by atoms with Gasteiger partial charge in [0, 0.05) is 76.3 Å². The molecule has 2 aliphatic rings. The molecule has 9 nitrogen and oxygen atoms in total. The number of pyridine rings is 1. The van der Waals surface area contributed by atoms with Crippen molar-refractivity contribution in [2.75, 3.05) is 36.4 Å². The van der Waals surface area contributed by atoms with Gasteiger partial charge in [-0.2, -0.15) is 0 Å². The van der Waals surface area contributed by atoms with Gasteiger partial charge in [0.15, 0.2) is 0 Å². The predicted molar refractivity (Wildman–Crippen MR) is 158 cm³/mol. The largest absolute Gasteiger partial charge is 0.444 e. The molecule has 10 heteroatoms. The van der Waals surface area contributed by atoms with E-state index >= 15 is 0 Å². The van der Waals surface area contributed by atoms with Gasteiger partial charge < -0.3 is 25.2 Å². The molecule has 3 aromatic rings. The molecule has 220 valence electrons. The molecule has 1 aliphatic carbocycles. The van der Waals surface area contributed by atoms with Crippen LogP contribution in [0.5, 0.6) is 0 Å². The molecule has 0 spiro atoms. The Hall–Kier alpha value is -4.47. The van der Waals surface area contributed by atoms with E-state index in [9.17, 15) is 18.8 Å². The first-order valence-electron chi connectivity index (χ1n) is 14.9. The Labute approximate surface area is 247 Å². The van der Waals surface area contributed by atoms with Gasteiger partial charge in [0.2, 0.25) is 5.91 Å². The lowest BCUT2D eigenvalue weighted by atomic mass is 10.1. The maximum atomic E-state index is 14.9. The monoisotopic (exact) mass is 575 g/mol. The van der Waals surface area contributed by atoms with E-state index in [1.54, 1.807) is 41.6 Å². The highest BCUT2D eigenvalue weighted by atomic mass is 19.1. The lowest BCUT2D eigenvalue weighted by Crippen LogP contribution is -2.50. The summed E-state index contributed by atoms with van der Waals surface area (Å²) in [5.41, 5.74) is 1.90. The number of carbonyl (C=O) groups is 3. The zero-order valence-corrected chi connectivity index (χ0v) is 23.9. The number of hydrogen-bond donors (Lipinski definition) is 2. The average Bonchev–Trinajstić information content (AvgIpc) is 3.58. The number of anilines is 2. The van der Waals surface area contributed by atoms with Crippen molar-refractivity contribution in [3.05, 3.63) is 89.5 Å². The number of aromatic nitrogens is 1. The molecule has 1 aromatic heterocycles. The van der Waals surface area contributed by atoms with Crippen molar-refractivity contribution < 1.29 is 26.3 Å². The molecule has 2 aromatic carbocycles. The highest BCUT2D eigenvalue weighted by molar-refractivity contribution is 5.95. The minimum atomic E-state index is -1.72. The first kappa shape index (κ1) is 26.4. The number of nitrogens with zero attached hydrogens (tertiary/aromatic N) is 3. The fraction of sp³-hybridized carbons (Fsp3) is 0.375. The van der Waals surface area contributed by atoms with Gasteiger partial charge in [-0.3, -0.25) is 14.6 Å². The predicted octanol–water partition coefficient (Wildman–Crippen LogP) is 4.95. The number of nitrogens with one attached hydrogen (secondary N) is 2. The Balaban J connectivity index is 1.10. The van der Waals surface area contributed by atoms with Crippen molar-refractivity contribution >= 4 is 29.3 Å². The van der Waals surface area contributed by atoms with Crippen LogP contribution >= 0.6 is 0 Å². The highest BCUT2D eigenvalue weighted by Gasteiger charge is 2.44. The standard InChI is InChI=1S/C32H36FN5O4/c1-32(2,3)42-31(41)38-15-13-37(14-16-38)25-10-7-21(8-11-25)29(39)35-20-23-6-9-24(17-28(23)33)36-30(40)27-18-26(27)22-5-4-12-34-19-22/h4-12,17,19,26-27H,13-16,18,20H2,1-3H3,(H,35,39)(H,36,40)/i18D2. The zero-order valence-electron chi connectivity index (χ0n) is 25.9. The topological polar surface area (TPSA) is 104 Å². The van der Waals surface area contributed by atoms with Gasteiger partial charge in [0.1, 0.15) is 11.4 Å².